The summed E-state index contributed by atoms with van der Waals surface area (Å²) in [7, 11) is 1.68. The van der Waals surface area contributed by atoms with Crippen molar-refractivity contribution in [2.45, 2.75) is 24.9 Å². The summed E-state index contributed by atoms with van der Waals surface area (Å²) in [5, 5.41) is 18.0. The lowest BCUT2D eigenvalue weighted by atomic mass is 9.89. The number of hydrogen-bond acceptors (Lipinski definition) is 6. The first-order chi connectivity index (χ1) is 13.7. The number of amides is 1. The molecule has 0 saturated carbocycles. The third-order valence-corrected chi connectivity index (χ3v) is 4.84. The molecule has 0 bridgehead atoms. The first kappa shape index (κ1) is 19.0. The lowest BCUT2D eigenvalue weighted by Gasteiger charge is -2.14. The topological polar surface area (TPSA) is 97.9 Å². The van der Waals surface area contributed by atoms with E-state index in [1.54, 1.807) is 20.2 Å². The SMILES string of the molecule is Cn1cc(-c2nnc([C@@]3(C)CCNC3=O)o2)c(Nc2ccc(C(F)(F)F)cc2)n1. The molecule has 8 nitrogen and oxygen atoms in total. The van der Waals surface area contributed by atoms with Gasteiger partial charge in [0.25, 0.3) is 5.89 Å². The number of carbonyl (C=O) groups excluding carboxylic acids is 1. The molecule has 152 valence electrons. The minimum absolute atomic E-state index is 0.156. The summed E-state index contributed by atoms with van der Waals surface area (Å²) in [6.45, 7) is 2.26. The zero-order valence-electron chi connectivity index (χ0n) is 15.5. The van der Waals surface area contributed by atoms with Gasteiger partial charge in [0, 0.05) is 25.5 Å². The van der Waals surface area contributed by atoms with Crippen LogP contribution in [0, 0.1) is 0 Å². The third-order valence-electron chi connectivity index (χ3n) is 4.84. The van der Waals surface area contributed by atoms with E-state index in [2.05, 4.69) is 25.9 Å². The van der Waals surface area contributed by atoms with Gasteiger partial charge in [-0.1, -0.05) is 0 Å². The number of benzene rings is 1. The molecule has 1 aliphatic heterocycles. The Kier molecular flexibility index (Phi) is 4.32. The van der Waals surface area contributed by atoms with Crippen LogP contribution in [-0.4, -0.2) is 32.4 Å². The highest BCUT2D eigenvalue weighted by Crippen LogP contribution is 2.35. The van der Waals surface area contributed by atoms with Gasteiger partial charge in [-0.3, -0.25) is 9.48 Å². The van der Waals surface area contributed by atoms with Crippen LogP contribution in [-0.2, 0) is 23.4 Å². The Bertz CT molecular complexity index is 1060. The highest BCUT2D eigenvalue weighted by molar-refractivity contribution is 5.88. The first-order valence-electron chi connectivity index (χ1n) is 8.77. The monoisotopic (exact) mass is 406 g/mol. The van der Waals surface area contributed by atoms with Crippen molar-refractivity contribution in [2.75, 3.05) is 11.9 Å². The highest BCUT2D eigenvalue weighted by atomic mass is 19.4. The molecule has 2 N–H and O–H groups in total. The fraction of sp³-hybridized carbons (Fsp3) is 0.333. The molecule has 29 heavy (non-hydrogen) atoms. The summed E-state index contributed by atoms with van der Waals surface area (Å²) in [6, 6.07) is 4.58. The van der Waals surface area contributed by atoms with Crippen LogP contribution in [0.4, 0.5) is 24.7 Å². The number of nitrogens with zero attached hydrogens (tertiary/aromatic N) is 4. The fourth-order valence-electron chi connectivity index (χ4n) is 3.11. The molecule has 1 saturated heterocycles. The number of alkyl halides is 3. The quantitative estimate of drug-likeness (QED) is 0.691. The molecule has 1 atom stereocenters. The van der Waals surface area contributed by atoms with Gasteiger partial charge in [0.1, 0.15) is 11.0 Å². The number of anilines is 2. The van der Waals surface area contributed by atoms with Crippen LogP contribution >= 0.6 is 0 Å². The Hall–Kier alpha value is -3.37. The Morgan fingerprint density at radius 1 is 1.24 bits per heavy atom. The smallest absolute Gasteiger partial charge is 0.416 e. The summed E-state index contributed by atoms with van der Waals surface area (Å²) >= 11 is 0. The van der Waals surface area contributed by atoms with Gasteiger partial charge in [-0.2, -0.15) is 18.3 Å². The molecule has 0 aliphatic carbocycles. The molecule has 1 fully saturated rings. The predicted octanol–water partition coefficient (Wildman–Crippen LogP) is 3.01. The average molecular weight is 406 g/mol. The average Bonchev–Trinajstić information content (AvgIpc) is 3.35. The van der Waals surface area contributed by atoms with Crippen LogP contribution in [0.1, 0.15) is 24.8 Å². The molecule has 3 aromatic rings. The van der Waals surface area contributed by atoms with Crippen LogP contribution < -0.4 is 10.6 Å². The van der Waals surface area contributed by atoms with Crippen molar-refractivity contribution in [1.82, 2.24) is 25.3 Å². The highest BCUT2D eigenvalue weighted by Gasteiger charge is 2.44. The molecule has 1 aromatic carbocycles. The van der Waals surface area contributed by atoms with Crippen molar-refractivity contribution in [3.63, 3.8) is 0 Å². The summed E-state index contributed by atoms with van der Waals surface area (Å²) in [5.74, 6) is 0.515. The van der Waals surface area contributed by atoms with Gasteiger partial charge in [-0.25, -0.2) is 0 Å². The van der Waals surface area contributed by atoms with Crippen LogP contribution in [0.25, 0.3) is 11.5 Å². The second-order valence-electron chi connectivity index (χ2n) is 7.02. The zero-order chi connectivity index (χ0) is 20.8. The van der Waals surface area contributed by atoms with Crippen molar-refractivity contribution in [2.24, 2.45) is 7.05 Å². The van der Waals surface area contributed by atoms with E-state index >= 15 is 0 Å². The number of nitrogens with one attached hydrogen (secondary N) is 2. The maximum atomic E-state index is 12.7. The standard InChI is InChI=1S/C18H17F3N6O2/c1-17(7-8-22-15(17)28)16-25-24-14(29-16)12-9-27(2)26-13(12)23-11-5-3-10(4-6-11)18(19,20)21/h3-6,9H,7-8H2,1-2H3,(H,22,28)(H,23,26)/t17-/m0/s1. The Morgan fingerprint density at radius 2 is 1.97 bits per heavy atom. The van der Waals surface area contributed by atoms with Crippen molar-refractivity contribution in [3.05, 3.63) is 41.9 Å². The van der Waals surface area contributed by atoms with Crippen molar-refractivity contribution >= 4 is 17.4 Å². The number of aryl methyl sites for hydroxylation is 1. The van der Waals surface area contributed by atoms with Gasteiger partial charge < -0.3 is 15.1 Å². The Morgan fingerprint density at radius 3 is 2.59 bits per heavy atom. The summed E-state index contributed by atoms with van der Waals surface area (Å²) in [6.07, 6.45) is -2.23. The summed E-state index contributed by atoms with van der Waals surface area (Å²) in [5.41, 5.74) is -0.754. The van der Waals surface area contributed by atoms with E-state index in [9.17, 15) is 18.0 Å². The largest absolute Gasteiger partial charge is 0.419 e. The Balaban J connectivity index is 1.62. The number of carbonyl (C=O) groups is 1. The second kappa shape index (κ2) is 6.61. The molecule has 3 heterocycles. The molecule has 0 unspecified atom stereocenters. The zero-order valence-corrected chi connectivity index (χ0v) is 15.5. The molecular weight excluding hydrogens is 389 g/mol. The molecule has 2 aromatic heterocycles. The van der Waals surface area contributed by atoms with Gasteiger partial charge in [0.2, 0.25) is 11.8 Å². The van der Waals surface area contributed by atoms with E-state index < -0.39 is 17.2 Å². The minimum atomic E-state index is -4.41. The van der Waals surface area contributed by atoms with Crippen molar-refractivity contribution < 1.29 is 22.4 Å². The van der Waals surface area contributed by atoms with Crippen molar-refractivity contribution in [3.8, 4) is 11.5 Å². The van der Waals surface area contributed by atoms with E-state index in [1.165, 1.54) is 16.8 Å². The summed E-state index contributed by atoms with van der Waals surface area (Å²) in [4.78, 5) is 12.1. The molecule has 11 heteroatoms. The van der Waals surface area contributed by atoms with Gasteiger partial charge in [-0.05, 0) is 37.6 Å². The fourth-order valence-corrected chi connectivity index (χ4v) is 3.11. The second-order valence-corrected chi connectivity index (χ2v) is 7.02. The van der Waals surface area contributed by atoms with Crippen LogP contribution in [0.15, 0.2) is 34.9 Å². The molecule has 1 amide bonds. The number of aromatic nitrogens is 4. The van der Waals surface area contributed by atoms with Gasteiger partial charge in [-0.15, -0.1) is 10.2 Å². The maximum Gasteiger partial charge on any atom is 0.416 e. The number of hydrogen-bond donors (Lipinski definition) is 2. The van der Waals surface area contributed by atoms with Crippen molar-refractivity contribution in [1.29, 1.82) is 0 Å². The number of halogens is 3. The predicted molar refractivity (Wildman–Crippen MR) is 96.2 cm³/mol. The van der Waals surface area contributed by atoms with Gasteiger partial charge >= 0.3 is 6.18 Å². The van der Waals surface area contributed by atoms with Crippen LogP contribution in [0.3, 0.4) is 0 Å². The van der Waals surface area contributed by atoms with E-state index in [0.717, 1.165) is 12.1 Å². The van der Waals surface area contributed by atoms with E-state index in [0.29, 0.717) is 30.0 Å². The lowest BCUT2D eigenvalue weighted by molar-refractivity contribution is -0.137. The van der Waals surface area contributed by atoms with E-state index in [-0.39, 0.29) is 17.7 Å². The summed E-state index contributed by atoms with van der Waals surface area (Å²) < 4.78 is 45.5. The van der Waals surface area contributed by atoms with Gasteiger partial charge in [0.05, 0.1) is 5.56 Å². The van der Waals surface area contributed by atoms with E-state index in [1.807, 2.05) is 0 Å². The first-order valence-corrected chi connectivity index (χ1v) is 8.77. The normalized spacial score (nSPS) is 19.4. The molecule has 4 rings (SSSR count). The maximum absolute atomic E-state index is 12.7. The van der Waals surface area contributed by atoms with Gasteiger partial charge in [0.15, 0.2) is 5.82 Å². The van der Waals surface area contributed by atoms with Crippen LogP contribution in [0.5, 0.6) is 0 Å². The molecular formula is C18H17F3N6O2. The number of rotatable bonds is 4. The Labute approximate surface area is 163 Å². The minimum Gasteiger partial charge on any atom is -0.419 e. The molecule has 0 radical (unpaired) electrons. The van der Waals surface area contributed by atoms with E-state index in [4.69, 9.17) is 4.42 Å². The van der Waals surface area contributed by atoms with Crippen LogP contribution in [0.2, 0.25) is 0 Å². The molecule has 1 aliphatic rings. The lowest BCUT2D eigenvalue weighted by Crippen LogP contribution is -2.32. The third kappa shape index (κ3) is 3.43. The molecule has 0 spiro atoms.